The summed E-state index contributed by atoms with van der Waals surface area (Å²) in [6.07, 6.45) is -48.0. The molecular formula is C72H144O24Si6. The van der Waals surface area contributed by atoms with Gasteiger partial charge in [0.2, 0.25) is 0 Å². The molecule has 0 spiro atoms. The van der Waals surface area contributed by atoms with Crippen LogP contribution in [0.25, 0.3) is 0 Å². The van der Waals surface area contributed by atoms with Crippen molar-refractivity contribution >= 4 is 48.4 Å². The molecule has 0 aromatic carbocycles. The van der Waals surface area contributed by atoms with Gasteiger partial charge in [0.1, 0.15) is 110 Å². The minimum Gasteiger partial charge on any atom is -0.387 e. The van der Waals surface area contributed by atoms with Gasteiger partial charge in [0, 0.05) is 0 Å². The third-order valence-corrected chi connectivity index (χ3v) is 60.9. The lowest BCUT2D eigenvalue weighted by molar-refractivity contribution is -0.397. The second-order valence-corrected chi connectivity index (χ2v) is 75.8. The highest BCUT2D eigenvalue weighted by Crippen LogP contribution is 2.51. The Labute approximate surface area is 617 Å². The first-order chi connectivity index (χ1) is 45.8. The van der Waals surface area contributed by atoms with Crippen LogP contribution in [0.3, 0.4) is 0 Å². The molecule has 12 bridgehead atoms. The Morgan fingerprint density at radius 3 is 0.363 bits per heavy atom. The third-order valence-electron chi connectivity index (χ3n) is 28.0. The Hall–Kier alpha value is 0.341. The van der Waals surface area contributed by atoms with Gasteiger partial charge in [0.15, 0.2) is 37.7 Å². The minimum absolute atomic E-state index is 0.283. The Bertz CT molecular complexity index is 2260. The maximum atomic E-state index is 12.7. The minimum atomic E-state index is -2.51. The van der Waals surface area contributed by atoms with Crippen LogP contribution in [-0.4, -0.2) is 294 Å². The summed E-state index contributed by atoms with van der Waals surface area (Å²) in [7, 11) is -15.1. The molecule has 600 valence electrons. The first kappa shape index (κ1) is 89.5. The van der Waals surface area contributed by atoms with E-state index >= 15 is 0 Å². The number of hydrogen-bond acceptors (Lipinski definition) is 24. The second-order valence-electron chi connectivity index (χ2n) is 41.8. The first-order valence-corrected chi connectivity index (χ1v) is 57.1. The normalized spacial score (nSPS) is 42.2. The van der Waals surface area contributed by atoms with E-state index in [1.165, 1.54) is 0 Å². The first-order valence-electron chi connectivity index (χ1n) is 37.8. The van der Waals surface area contributed by atoms with Crippen molar-refractivity contribution in [1.29, 1.82) is 0 Å². The molecule has 12 N–H and O–H groups in total. The van der Waals surface area contributed by atoms with E-state index in [1.807, 2.05) is 0 Å². The molecule has 22 fully saturated rings. The summed E-state index contributed by atoms with van der Waals surface area (Å²) < 4.78 is 82.2. The van der Waals surface area contributed by atoms with Crippen molar-refractivity contribution in [3.05, 3.63) is 0 Å². The summed E-state index contributed by atoms with van der Waals surface area (Å²) in [5, 5.41) is 150. The van der Waals surface area contributed by atoms with Crippen molar-refractivity contribution in [2.75, 3.05) is 0 Å². The number of rotatable bonds is 12. The van der Waals surface area contributed by atoms with E-state index in [9.17, 15) is 61.3 Å². The van der Waals surface area contributed by atoms with E-state index in [1.54, 1.807) is 0 Å². The van der Waals surface area contributed by atoms with E-state index < -0.39 is 233 Å². The standard InChI is InChI=1S/C72H144O24Si6/c1-67(2,3)97(19,20)31-37-55-43(73)49(79)61(85-37)92-56-38(32-98(21,22)68(4,5)6)87-63(51(81)45(56)75)94-58-40(34-100(25,26)70(10,11)12)89-65(53(83)47(58)77)96-60-42(36-102(29,30)72(16,17)18)90-66(54(84)48(60)78)95-59-41(35-101(27,28)71(13,14)15)88-64(52(82)46(59)76)93-57-39(33-99(23,24)69(7,8)9)86-62(91-55)50(80)44(57)74/h37-66,73-84H,31-36H2,1-30H3/t37?,38?,39?,40?,41?,42?,43?,44?,45?,46?,47?,48?,49-,50-,51-,52-,53-,54-,55+,56+,57+,58+,59+,60+,61+,62+,63+,64+,65+,66+/m0/s1. The van der Waals surface area contributed by atoms with Crippen LogP contribution in [0, 0.1) is 0 Å². The number of aliphatic hydroxyl groups is 12. The summed E-state index contributed by atoms with van der Waals surface area (Å²) in [5.41, 5.74) is 0. The van der Waals surface area contributed by atoms with Crippen molar-refractivity contribution in [2.24, 2.45) is 0 Å². The van der Waals surface area contributed by atoms with Crippen LogP contribution < -0.4 is 0 Å². The van der Waals surface area contributed by atoms with Gasteiger partial charge in [-0.1, -0.05) is 203 Å². The van der Waals surface area contributed by atoms with Crippen LogP contribution in [0.2, 0.25) is 145 Å². The fraction of sp³-hybridized carbons (Fsp3) is 1.00. The summed E-state index contributed by atoms with van der Waals surface area (Å²) in [4.78, 5) is 0. The molecule has 0 aromatic rings. The van der Waals surface area contributed by atoms with Crippen LogP contribution >= 0.6 is 0 Å². The van der Waals surface area contributed by atoms with Crippen LogP contribution in [0.5, 0.6) is 0 Å². The third kappa shape index (κ3) is 19.0. The van der Waals surface area contributed by atoms with Gasteiger partial charge < -0.3 is 118 Å². The average molecular weight is 1560 g/mol. The molecule has 12 unspecified atom stereocenters. The van der Waals surface area contributed by atoms with Gasteiger partial charge >= 0.3 is 0 Å². The Morgan fingerprint density at radius 1 is 0.176 bits per heavy atom. The lowest BCUT2D eigenvalue weighted by atomic mass is 9.95. The van der Waals surface area contributed by atoms with Crippen molar-refractivity contribution < 1.29 is 118 Å². The molecule has 30 heteroatoms. The van der Waals surface area contributed by atoms with Gasteiger partial charge in [-0.2, -0.15) is 0 Å². The topological polar surface area (TPSA) is 354 Å². The Morgan fingerprint density at radius 2 is 0.275 bits per heavy atom. The zero-order valence-corrected chi connectivity index (χ0v) is 73.8. The average Bonchev–Trinajstić information content (AvgIpc) is 0.762. The maximum Gasteiger partial charge on any atom is 0.187 e. The molecule has 30 atom stereocenters. The zero-order valence-electron chi connectivity index (χ0n) is 67.8. The quantitative estimate of drug-likeness (QED) is 0.0822. The van der Waals surface area contributed by atoms with Crippen LogP contribution in [0.15, 0.2) is 0 Å². The molecule has 22 rings (SSSR count). The Kier molecular flexibility index (Phi) is 27.5. The van der Waals surface area contributed by atoms with Gasteiger partial charge in [-0.15, -0.1) is 0 Å². The van der Waals surface area contributed by atoms with E-state index in [0.29, 0.717) is 0 Å². The van der Waals surface area contributed by atoms with Crippen molar-refractivity contribution in [3.8, 4) is 0 Å². The molecular weight excluding hydrogens is 1420 g/mol. The van der Waals surface area contributed by atoms with E-state index in [-0.39, 0.29) is 66.5 Å². The van der Waals surface area contributed by atoms with Crippen LogP contribution in [0.4, 0.5) is 0 Å². The lowest BCUT2D eigenvalue weighted by Gasteiger charge is -2.53. The Balaban J connectivity index is 1.43. The summed E-state index contributed by atoms with van der Waals surface area (Å²) in [6, 6.07) is 1.72. The highest BCUT2D eigenvalue weighted by Gasteiger charge is 2.62. The fourth-order valence-electron chi connectivity index (χ4n) is 13.9. The second kappa shape index (κ2) is 31.4. The molecule has 0 amide bonds. The predicted octanol–water partition coefficient (Wildman–Crippen LogP) is 8.04. The highest BCUT2D eigenvalue weighted by atomic mass is 28.3. The van der Waals surface area contributed by atoms with Crippen LogP contribution in [0.1, 0.15) is 125 Å². The van der Waals surface area contributed by atoms with Gasteiger partial charge in [-0.25, -0.2) is 0 Å². The van der Waals surface area contributed by atoms with Gasteiger partial charge in [-0.05, 0) is 66.5 Å². The molecule has 102 heavy (non-hydrogen) atoms. The smallest absolute Gasteiger partial charge is 0.187 e. The number of aliphatic hydroxyl groups excluding tert-OH is 12. The van der Waals surface area contributed by atoms with Crippen molar-refractivity contribution in [3.63, 3.8) is 0 Å². The fourth-order valence-corrected chi connectivity index (χ4v) is 25.6. The lowest BCUT2D eigenvalue weighted by Crippen LogP contribution is -2.69. The molecule has 24 nitrogen and oxygen atoms in total. The number of hydrogen-bond donors (Lipinski definition) is 12. The monoisotopic (exact) mass is 1560 g/mol. The number of ether oxygens (including phenoxy) is 12. The van der Waals surface area contributed by atoms with Crippen molar-refractivity contribution in [2.45, 2.75) is 454 Å². The van der Waals surface area contributed by atoms with Gasteiger partial charge in [0.05, 0.1) is 85.1 Å². The van der Waals surface area contributed by atoms with Gasteiger partial charge in [0.25, 0.3) is 0 Å². The summed E-state index contributed by atoms with van der Waals surface area (Å²) in [6.45, 7) is 63.9. The van der Waals surface area contributed by atoms with Crippen molar-refractivity contribution in [1.82, 2.24) is 0 Å². The summed E-state index contributed by atoms with van der Waals surface area (Å²) >= 11 is 0. The SMILES string of the molecule is CC(C)(C)[Si](C)(C)CC1O[C@@H]2O[C@@H]3C(C[Si](C)(C)C(C)(C)C)O[C@H](O[C@@H]4C(C[Si](C)(C)C(C)(C)C)O[C@H](O[C@@H]5C(C[Si](C)(C)C(C)(C)C)O[C@H](O[C@@H]6C(C[Si](C)(C)C(C)(C)C)O[C@H](O[C@@H]7C(C[Si](C)(C)C(C)(C)C)O[C@H](O[C@H]1C(O)[C@@H]2O)[C@@H](O)C7O)[C@@H](O)C6O)[C@@H](O)C5O)[C@@H](O)C4O)[C@@H](O)C3O. The summed E-state index contributed by atoms with van der Waals surface area (Å²) in [5.74, 6) is 0. The molecule has 0 aromatic heterocycles. The molecule has 22 aliphatic rings. The molecule has 22 saturated heterocycles. The van der Waals surface area contributed by atoms with E-state index in [2.05, 4.69) is 203 Å². The molecule has 0 aliphatic carbocycles. The van der Waals surface area contributed by atoms with Crippen LogP contribution in [-0.2, 0) is 56.8 Å². The molecule has 0 saturated carbocycles. The largest absolute Gasteiger partial charge is 0.387 e. The molecule has 0 radical (unpaired) electrons. The molecule has 22 aliphatic heterocycles. The maximum absolute atomic E-state index is 12.7. The van der Waals surface area contributed by atoms with E-state index in [0.717, 1.165) is 0 Å². The van der Waals surface area contributed by atoms with E-state index in [4.69, 9.17) is 56.8 Å². The molecule has 22 heterocycles. The predicted molar refractivity (Wildman–Crippen MR) is 405 cm³/mol. The zero-order chi connectivity index (χ0) is 78.0. The highest BCUT2D eigenvalue weighted by molar-refractivity contribution is 6.82. The van der Waals surface area contributed by atoms with Gasteiger partial charge in [-0.3, -0.25) is 0 Å².